The molecule has 0 radical (unpaired) electrons. The molecule has 2 rings (SSSR count). The molecule has 0 aromatic rings. The molecule has 2 aliphatic heterocycles. The van der Waals surface area contributed by atoms with Crippen molar-refractivity contribution >= 4 is 16.1 Å². The van der Waals surface area contributed by atoms with E-state index in [9.17, 15) is 13.2 Å². The number of hydrogen-bond donors (Lipinski definition) is 1. The van der Waals surface area contributed by atoms with E-state index in [2.05, 4.69) is 5.32 Å². The number of nitrogens with zero attached hydrogens (tertiary/aromatic N) is 3. The normalized spacial score (nSPS) is 23.5. The first-order valence-electron chi connectivity index (χ1n) is 8.20. The van der Waals surface area contributed by atoms with Crippen LogP contribution in [0.3, 0.4) is 0 Å². The van der Waals surface area contributed by atoms with Gasteiger partial charge in [-0.3, -0.25) is 9.69 Å². The van der Waals surface area contributed by atoms with E-state index in [0.29, 0.717) is 45.8 Å². The molecule has 2 saturated heterocycles. The zero-order chi connectivity index (χ0) is 16.2. The highest BCUT2D eigenvalue weighted by Gasteiger charge is 2.33. The van der Waals surface area contributed by atoms with E-state index in [1.165, 1.54) is 0 Å². The second-order valence-corrected chi connectivity index (χ2v) is 8.09. The molecule has 0 saturated carbocycles. The van der Waals surface area contributed by atoms with E-state index in [1.807, 2.05) is 18.7 Å². The van der Waals surface area contributed by atoms with Crippen molar-refractivity contribution in [2.75, 3.05) is 45.8 Å². The fourth-order valence-electron chi connectivity index (χ4n) is 2.83. The molecule has 1 N–H and O–H groups in total. The molecule has 8 heteroatoms. The van der Waals surface area contributed by atoms with Crippen molar-refractivity contribution in [1.82, 2.24) is 18.8 Å². The summed E-state index contributed by atoms with van der Waals surface area (Å²) >= 11 is 0. The van der Waals surface area contributed by atoms with Crippen molar-refractivity contribution in [2.45, 2.75) is 39.2 Å². The van der Waals surface area contributed by atoms with Gasteiger partial charge in [-0.05, 0) is 26.2 Å². The predicted octanol–water partition coefficient (Wildman–Crippen LogP) is -0.141. The summed E-state index contributed by atoms with van der Waals surface area (Å²) in [6.45, 7) is 7.81. The summed E-state index contributed by atoms with van der Waals surface area (Å²) in [7, 11) is -3.30. The van der Waals surface area contributed by atoms with Crippen LogP contribution in [0.2, 0.25) is 0 Å². The molecule has 0 spiro atoms. The van der Waals surface area contributed by atoms with E-state index in [-0.39, 0.29) is 11.9 Å². The van der Waals surface area contributed by atoms with Crippen LogP contribution in [0, 0.1) is 0 Å². The Labute approximate surface area is 133 Å². The molecule has 1 amide bonds. The Balaban J connectivity index is 1.79. The summed E-state index contributed by atoms with van der Waals surface area (Å²) < 4.78 is 28.0. The zero-order valence-corrected chi connectivity index (χ0v) is 14.4. The fraction of sp³-hybridized carbons (Fsp3) is 0.929. The number of carbonyl (C=O) groups excluding carboxylic acids is 1. The van der Waals surface area contributed by atoms with E-state index < -0.39 is 10.2 Å². The van der Waals surface area contributed by atoms with Crippen LogP contribution in [0.4, 0.5) is 0 Å². The van der Waals surface area contributed by atoms with Crippen molar-refractivity contribution in [2.24, 2.45) is 0 Å². The molecule has 22 heavy (non-hydrogen) atoms. The molecule has 128 valence electrons. The third-order valence-electron chi connectivity index (χ3n) is 4.44. The van der Waals surface area contributed by atoms with Crippen LogP contribution in [0.5, 0.6) is 0 Å². The van der Waals surface area contributed by atoms with Crippen LogP contribution >= 0.6 is 0 Å². The number of carbonyl (C=O) groups is 1. The molecule has 1 atom stereocenters. The van der Waals surface area contributed by atoms with Gasteiger partial charge >= 0.3 is 0 Å². The lowest BCUT2D eigenvalue weighted by molar-refractivity contribution is -0.123. The van der Waals surface area contributed by atoms with Gasteiger partial charge in [0.05, 0.1) is 6.54 Å². The van der Waals surface area contributed by atoms with Gasteiger partial charge in [-0.1, -0.05) is 6.92 Å². The van der Waals surface area contributed by atoms with Crippen LogP contribution < -0.4 is 5.32 Å². The fourth-order valence-corrected chi connectivity index (χ4v) is 4.50. The summed E-state index contributed by atoms with van der Waals surface area (Å²) in [4.78, 5) is 13.9. The van der Waals surface area contributed by atoms with E-state index in [4.69, 9.17) is 0 Å². The van der Waals surface area contributed by atoms with Crippen LogP contribution in [-0.2, 0) is 15.0 Å². The smallest absolute Gasteiger partial charge is 0.282 e. The lowest BCUT2D eigenvalue weighted by atomic mass is 10.2. The highest BCUT2D eigenvalue weighted by Crippen LogP contribution is 2.17. The van der Waals surface area contributed by atoms with Crippen LogP contribution in [-0.4, -0.2) is 79.7 Å². The van der Waals surface area contributed by atoms with Gasteiger partial charge in [0.2, 0.25) is 5.91 Å². The Bertz CT molecular complexity index is 468. The molecule has 0 aliphatic carbocycles. The third kappa shape index (κ3) is 4.41. The quantitative estimate of drug-likeness (QED) is 0.735. The van der Waals surface area contributed by atoms with Crippen molar-refractivity contribution in [3.63, 3.8) is 0 Å². The average Bonchev–Trinajstić information content (AvgIpc) is 3.02. The molecule has 1 unspecified atom stereocenters. The van der Waals surface area contributed by atoms with Crippen LogP contribution in [0.25, 0.3) is 0 Å². The lowest BCUT2D eigenvalue weighted by Gasteiger charge is -2.35. The standard InChI is InChI=1S/C14H28N4O3S/c1-3-13(2)15-14(19)12-16-8-10-18(11-9-16)22(20,21)17-6-4-5-7-17/h13H,3-12H2,1-2H3,(H,15,19). The summed E-state index contributed by atoms with van der Waals surface area (Å²) in [5.74, 6) is 0.0187. The Morgan fingerprint density at radius 3 is 2.14 bits per heavy atom. The minimum absolute atomic E-state index is 0.0187. The Kier molecular flexibility index (Phi) is 6.19. The molecule has 7 nitrogen and oxygen atoms in total. The topological polar surface area (TPSA) is 73.0 Å². The first-order valence-corrected chi connectivity index (χ1v) is 9.60. The predicted molar refractivity (Wildman–Crippen MR) is 85.6 cm³/mol. The lowest BCUT2D eigenvalue weighted by Crippen LogP contribution is -2.54. The molecule has 2 fully saturated rings. The molecule has 0 aromatic carbocycles. The molecular formula is C14H28N4O3S. The molecule has 0 aromatic heterocycles. The molecule has 2 aliphatic rings. The summed E-state index contributed by atoms with van der Waals surface area (Å²) in [6.07, 6.45) is 2.82. The first-order chi connectivity index (χ1) is 10.4. The Morgan fingerprint density at radius 1 is 1.05 bits per heavy atom. The Hall–Kier alpha value is -0.700. The molecular weight excluding hydrogens is 304 g/mol. The van der Waals surface area contributed by atoms with Crippen LogP contribution in [0.15, 0.2) is 0 Å². The molecule has 2 heterocycles. The third-order valence-corrected chi connectivity index (χ3v) is 6.47. The van der Waals surface area contributed by atoms with Crippen molar-refractivity contribution in [3.8, 4) is 0 Å². The monoisotopic (exact) mass is 332 g/mol. The van der Waals surface area contributed by atoms with Crippen molar-refractivity contribution < 1.29 is 13.2 Å². The van der Waals surface area contributed by atoms with Crippen LogP contribution in [0.1, 0.15) is 33.1 Å². The van der Waals surface area contributed by atoms with Gasteiger partial charge in [-0.2, -0.15) is 17.0 Å². The van der Waals surface area contributed by atoms with Gasteiger partial charge in [-0.25, -0.2) is 0 Å². The maximum atomic E-state index is 12.5. The highest BCUT2D eigenvalue weighted by molar-refractivity contribution is 7.86. The van der Waals surface area contributed by atoms with E-state index in [0.717, 1.165) is 19.3 Å². The summed E-state index contributed by atoms with van der Waals surface area (Å²) in [6, 6.07) is 0.185. The number of nitrogens with one attached hydrogen (secondary N) is 1. The van der Waals surface area contributed by atoms with Gasteiger partial charge in [0.15, 0.2) is 0 Å². The van der Waals surface area contributed by atoms with Crippen molar-refractivity contribution in [3.05, 3.63) is 0 Å². The number of amides is 1. The summed E-state index contributed by atoms with van der Waals surface area (Å²) in [5.41, 5.74) is 0. The number of hydrogen-bond acceptors (Lipinski definition) is 4. The van der Waals surface area contributed by atoms with Crippen molar-refractivity contribution in [1.29, 1.82) is 0 Å². The van der Waals surface area contributed by atoms with E-state index >= 15 is 0 Å². The number of rotatable bonds is 6. The highest BCUT2D eigenvalue weighted by atomic mass is 32.2. The SMILES string of the molecule is CCC(C)NC(=O)CN1CCN(S(=O)(=O)N2CCCC2)CC1. The molecule has 0 bridgehead atoms. The minimum Gasteiger partial charge on any atom is -0.353 e. The average molecular weight is 332 g/mol. The second-order valence-electron chi connectivity index (χ2n) is 6.17. The maximum Gasteiger partial charge on any atom is 0.282 e. The van der Waals surface area contributed by atoms with Gasteiger partial charge in [0, 0.05) is 45.3 Å². The zero-order valence-electron chi connectivity index (χ0n) is 13.6. The first kappa shape index (κ1) is 17.7. The largest absolute Gasteiger partial charge is 0.353 e. The van der Waals surface area contributed by atoms with Gasteiger partial charge < -0.3 is 5.32 Å². The van der Waals surface area contributed by atoms with Gasteiger partial charge in [-0.15, -0.1) is 0 Å². The van der Waals surface area contributed by atoms with Gasteiger partial charge in [0.1, 0.15) is 0 Å². The van der Waals surface area contributed by atoms with Gasteiger partial charge in [0.25, 0.3) is 10.2 Å². The minimum atomic E-state index is -3.30. The number of piperazine rings is 1. The maximum absolute atomic E-state index is 12.5. The Morgan fingerprint density at radius 2 is 1.59 bits per heavy atom. The summed E-state index contributed by atoms with van der Waals surface area (Å²) in [5, 5.41) is 2.94. The second kappa shape index (κ2) is 7.72. The van der Waals surface area contributed by atoms with E-state index in [1.54, 1.807) is 8.61 Å².